The molecule has 4 aromatic rings. The second-order valence-corrected chi connectivity index (χ2v) is 6.07. The molecule has 0 radical (unpaired) electrons. The summed E-state index contributed by atoms with van der Waals surface area (Å²) in [4.78, 5) is 16.4. The smallest absolute Gasteiger partial charge is 0.268 e. The Labute approximate surface area is 159 Å². The summed E-state index contributed by atoms with van der Waals surface area (Å²) in [7, 11) is 0. The highest BCUT2D eigenvalue weighted by Gasteiger charge is 2.25. The average molecular weight is 376 g/mol. The van der Waals surface area contributed by atoms with Gasteiger partial charge in [0.25, 0.3) is 5.91 Å². The van der Waals surface area contributed by atoms with E-state index in [-0.39, 0.29) is 5.69 Å². The first-order valence-corrected chi connectivity index (χ1v) is 8.39. The van der Waals surface area contributed by atoms with Crippen molar-refractivity contribution in [1.29, 1.82) is 0 Å². The summed E-state index contributed by atoms with van der Waals surface area (Å²) in [5.41, 5.74) is 7.88. The van der Waals surface area contributed by atoms with Gasteiger partial charge in [-0.05, 0) is 48.0 Å². The van der Waals surface area contributed by atoms with Crippen molar-refractivity contribution < 1.29 is 13.6 Å². The quantitative estimate of drug-likeness (QED) is 0.585. The lowest BCUT2D eigenvalue weighted by molar-refractivity contribution is 0.0993. The zero-order chi connectivity index (χ0) is 19.7. The van der Waals surface area contributed by atoms with Gasteiger partial charge in [-0.15, -0.1) is 0 Å². The van der Waals surface area contributed by atoms with Crippen LogP contribution < -0.4 is 5.73 Å². The first-order valence-electron chi connectivity index (χ1n) is 8.39. The lowest BCUT2D eigenvalue weighted by Gasteiger charge is -2.07. The molecule has 0 aliphatic heterocycles. The fraction of sp³-hybridized carbons (Fsp3) is 0. The minimum Gasteiger partial charge on any atom is -0.364 e. The number of aromatic nitrogens is 3. The Morgan fingerprint density at radius 1 is 0.893 bits per heavy atom. The van der Waals surface area contributed by atoms with E-state index in [9.17, 15) is 13.6 Å². The SMILES string of the molecule is NC(=O)c1c(-c2cccc(F)c2)c(-c2ccncc2)nn1-c1cccc(F)c1. The van der Waals surface area contributed by atoms with Crippen LogP contribution in [0.1, 0.15) is 10.5 Å². The van der Waals surface area contributed by atoms with Crippen LogP contribution in [0.15, 0.2) is 73.1 Å². The molecule has 0 aliphatic rings. The highest BCUT2D eigenvalue weighted by molar-refractivity contribution is 6.02. The van der Waals surface area contributed by atoms with Crippen LogP contribution in [0.25, 0.3) is 28.1 Å². The number of rotatable bonds is 4. The van der Waals surface area contributed by atoms with Crippen molar-refractivity contribution in [2.45, 2.75) is 0 Å². The predicted octanol–water partition coefficient (Wildman–Crippen LogP) is 3.98. The van der Waals surface area contributed by atoms with Crippen molar-refractivity contribution >= 4 is 5.91 Å². The van der Waals surface area contributed by atoms with Gasteiger partial charge < -0.3 is 5.73 Å². The standard InChI is InChI=1S/C21H14F2N4O/c22-15-4-1-3-14(11-15)18-19(13-7-9-25-10-8-13)26-27(20(18)21(24)28)17-6-2-5-16(23)12-17/h1-12H,(H2,24,28). The van der Waals surface area contributed by atoms with Crippen LogP contribution in [0.3, 0.4) is 0 Å². The van der Waals surface area contributed by atoms with E-state index in [2.05, 4.69) is 10.1 Å². The van der Waals surface area contributed by atoms with Crippen molar-refractivity contribution in [3.63, 3.8) is 0 Å². The summed E-state index contributed by atoms with van der Waals surface area (Å²) in [6.07, 6.45) is 3.16. The third kappa shape index (κ3) is 3.14. The molecule has 1 amide bonds. The summed E-state index contributed by atoms with van der Waals surface area (Å²) in [5, 5.41) is 4.52. The molecule has 5 nitrogen and oxygen atoms in total. The number of nitrogens with zero attached hydrogens (tertiary/aromatic N) is 3. The Morgan fingerprint density at radius 2 is 1.57 bits per heavy atom. The van der Waals surface area contributed by atoms with Crippen LogP contribution in [-0.4, -0.2) is 20.7 Å². The molecule has 0 unspecified atom stereocenters. The fourth-order valence-electron chi connectivity index (χ4n) is 3.07. The molecule has 2 aromatic carbocycles. The van der Waals surface area contributed by atoms with Crippen molar-refractivity contribution in [2.75, 3.05) is 0 Å². The Bertz CT molecular complexity index is 1170. The monoisotopic (exact) mass is 376 g/mol. The third-order valence-electron chi connectivity index (χ3n) is 4.24. The van der Waals surface area contributed by atoms with Gasteiger partial charge in [0.15, 0.2) is 0 Å². The number of amides is 1. The molecule has 2 N–H and O–H groups in total. The number of hydrogen-bond donors (Lipinski definition) is 1. The first-order chi connectivity index (χ1) is 13.5. The minimum atomic E-state index is -0.767. The maximum absolute atomic E-state index is 13.9. The van der Waals surface area contributed by atoms with Crippen LogP contribution in [0.4, 0.5) is 8.78 Å². The molecule has 0 atom stereocenters. The molecular weight excluding hydrogens is 362 g/mol. The Hall–Kier alpha value is -3.87. The summed E-state index contributed by atoms with van der Waals surface area (Å²) in [5.74, 6) is -1.72. The largest absolute Gasteiger partial charge is 0.364 e. The molecule has 138 valence electrons. The normalized spacial score (nSPS) is 10.8. The van der Waals surface area contributed by atoms with E-state index >= 15 is 0 Å². The molecule has 2 heterocycles. The number of halogens is 2. The zero-order valence-corrected chi connectivity index (χ0v) is 14.5. The van der Waals surface area contributed by atoms with Gasteiger partial charge in [0.2, 0.25) is 0 Å². The summed E-state index contributed by atoms with van der Waals surface area (Å²) >= 11 is 0. The van der Waals surface area contributed by atoms with Gasteiger partial charge in [0.1, 0.15) is 23.0 Å². The molecule has 2 aromatic heterocycles. The van der Waals surface area contributed by atoms with Gasteiger partial charge in [-0.1, -0.05) is 18.2 Å². The Morgan fingerprint density at radius 3 is 2.21 bits per heavy atom. The number of hydrogen-bond acceptors (Lipinski definition) is 3. The number of pyridine rings is 1. The lowest BCUT2D eigenvalue weighted by Crippen LogP contribution is -2.17. The predicted molar refractivity (Wildman–Crippen MR) is 101 cm³/mol. The van der Waals surface area contributed by atoms with Crippen LogP contribution >= 0.6 is 0 Å². The van der Waals surface area contributed by atoms with Gasteiger partial charge in [-0.2, -0.15) is 5.10 Å². The molecule has 0 fully saturated rings. The van der Waals surface area contributed by atoms with Gasteiger partial charge in [-0.25, -0.2) is 13.5 Å². The number of benzene rings is 2. The van der Waals surface area contributed by atoms with E-state index in [1.807, 2.05) is 0 Å². The van der Waals surface area contributed by atoms with Gasteiger partial charge in [0.05, 0.1) is 5.69 Å². The topological polar surface area (TPSA) is 73.8 Å². The average Bonchev–Trinajstić information content (AvgIpc) is 3.10. The first kappa shape index (κ1) is 17.5. The third-order valence-corrected chi connectivity index (χ3v) is 4.24. The highest BCUT2D eigenvalue weighted by Crippen LogP contribution is 2.36. The maximum atomic E-state index is 13.9. The van der Waals surface area contributed by atoms with E-state index in [1.54, 1.807) is 36.7 Å². The molecule has 28 heavy (non-hydrogen) atoms. The van der Waals surface area contributed by atoms with Crippen molar-refractivity contribution in [1.82, 2.24) is 14.8 Å². The highest BCUT2D eigenvalue weighted by atomic mass is 19.1. The van der Waals surface area contributed by atoms with Crippen LogP contribution in [0.2, 0.25) is 0 Å². The second-order valence-electron chi connectivity index (χ2n) is 6.07. The lowest BCUT2D eigenvalue weighted by atomic mass is 9.99. The molecule has 0 aliphatic carbocycles. The molecular formula is C21H14F2N4O. The zero-order valence-electron chi connectivity index (χ0n) is 14.5. The number of carbonyl (C=O) groups excluding carboxylic acids is 1. The van der Waals surface area contributed by atoms with E-state index in [0.717, 1.165) is 0 Å². The number of nitrogens with two attached hydrogens (primary N) is 1. The number of primary amides is 1. The fourth-order valence-corrected chi connectivity index (χ4v) is 3.07. The van der Waals surface area contributed by atoms with Crippen molar-refractivity contribution in [3.8, 4) is 28.1 Å². The summed E-state index contributed by atoms with van der Waals surface area (Å²) < 4.78 is 29.0. The van der Waals surface area contributed by atoms with E-state index in [1.165, 1.54) is 41.1 Å². The number of carbonyl (C=O) groups is 1. The molecule has 0 bridgehead atoms. The van der Waals surface area contributed by atoms with Crippen molar-refractivity contribution in [3.05, 3.63) is 90.4 Å². The van der Waals surface area contributed by atoms with E-state index in [4.69, 9.17) is 5.73 Å². The molecule has 7 heteroatoms. The van der Waals surface area contributed by atoms with Crippen LogP contribution in [-0.2, 0) is 0 Å². The second kappa shape index (κ2) is 7.03. The maximum Gasteiger partial charge on any atom is 0.268 e. The molecule has 0 saturated carbocycles. The Kier molecular flexibility index (Phi) is 4.41. The van der Waals surface area contributed by atoms with E-state index in [0.29, 0.717) is 28.1 Å². The molecule has 0 saturated heterocycles. The molecule has 0 spiro atoms. The van der Waals surface area contributed by atoms with Crippen LogP contribution in [0.5, 0.6) is 0 Å². The van der Waals surface area contributed by atoms with Crippen molar-refractivity contribution in [2.24, 2.45) is 5.73 Å². The van der Waals surface area contributed by atoms with Gasteiger partial charge in [-0.3, -0.25) is 9.78 Å². The van der Waals surface area contributed by atoms with Gasteiger partial charge >= 0.3 is 0 Å². The summed E-state index contributed by atoms with van der Waals surface area (Å²) in [6.45, 7) is 0. The molecule has 4 rings (SSSR count). The van der Waals surface area contributed by atoms with E-state index < -0.39 is 17.5 Å². The Balaban J connectivity index is 2.08. The van der Waals surface area contributed by atoms with Gasteiger partial charge in [0, 0.05) is 23.5 Å². The summed E-state index contributed by atoms with van der Waals surface area (Å²) in [6, 6.07) is 14.9. The minimum absolute atomic E-state index is 0.0306. The van der Waals surface area contributed by atoms with Crippen LogP contribution in [0, 0.1) is 11.6 Å².